The number of nitrogens with one attached hydrogen (secondary N) is 2. The van der Waals surface area contributed by atoms with Crippen LogP contribution in [0.2, 0.25) is 0 Å². The molecule has 1 fully saturated rings. The van der Waals surface area contributed by atoms with Crippen LogP contribution in [0, 0.1) is 13.8 Å². The summed E-state index contributed by atoms with van der Waals surface area (Å²) in [5.74, 6) is -0.0276. The first-order valence-corrected chi connectivity index (χ1v) is 6.02. The molecule has 2 rings (SSSR count). The predicted molar refractivity (Wildman–Crippen MR) is 65.3 cm³/mol. The summed E-state index contributed by atoms with van der Waals surface area (Å²) in [6, 6.07) is -0.0602. The number of aromatic amines is 1. The fourth-order valence-electron chi connectivity index (χ4n) is 2.15. The van der Waals surface area contributed by atoms with Gasteiger partial charge in [-0.2, -0.15) is 5.10 Å². The Labute approximate surface area is 106 Å². The van der Waals surface area contributed by atoms with Gasteiger partial charge in [-0.05, 0) is 13.8 Å². The first-order chi connectivity index (χ1) is 8.61. The molecule has 1 aliphatic rings. The Hall–Kier alpha value is -1.40. The van der Waals surface area contributed by atoms with Crippen LogP contribution in [0.3, 0.4) is 0 Å². The fraction of sp³-hybridized carbons (Fsp3) is 0.667. The Balaban J connectivity index is 1.93. The third-order valence-electron chi connectivity index (χ3n) is 3.30. The summed E-state index contributed by atoms with van der Waals surface area (Å²) in [6.45, 7) is 4.85. The van der Waals surface area contributed by atoms with Gasteiger partial charge in [0.15, 0.2) is 0 Å². The quantitative estimate of drug-likeness (QED) is 0.798. The van der Waals surface area contributed by atoms with Crippen LogP contribution in [0.25, 0.3) is 0 Å². The molecule has 0 aliphatic carbocycles. The molecule has 1 saturated heterocycles. The lowest BCUT2D eigenvalue weighted by Crippen LogP contribution is -2.44. The molecule has 1 aromatic rings. The van der Waals surface area contributed by atoms with Crippen LogP contribution in [0.1, 0.15) is 17.0 Å². The number of nitrogens with zero attached hydrogens (tertiary/aromatic N) is 1. The highest BCUT2D eigenvalue weighted by molar-refractivity contribution is 5.79. The SMILES string of the molecule is CO[C@H]1COC[C@@H]1NC(=O)Cc1c(C)n[nH]c1C. The van der Waals surface area contributed by atoms with Crippen LogP contribution in [0.5, 0.6) is 0 Å². The van der Waals surface area contributed by atoms with E-state index >= 15 is 0 Å². The second kappa shape index (κ2) is 5.49. The molecule has 0 bridgehead atoms. The molecule has 0 spiro atoms. The van der Waals surface area contributed by atoms with Crippen molar-refractivity contribution in [1.82, 2.24) is 15.5 Å². The molecule has 6 nitrogen and oxygen atoms in total. The third-order valence-corrected chi connectivity index (χ3v) is 3.30. The van der Waals surface area contributed by atoms with Gasteiger partial charge in [-0.15, -0.1) is 0 Å². The van der Waals surface area contributed by atoms with E-state index < -0.39 is 0 Å². The van der Waals surface area contributed by atoms with E-state index in [1.165, 1.54) is 0 Å². The van der Waals surface area contributed by atoms with Gasteiger partial charge >= 0.3 is 0 Å². The number of methoxy groups -OCH3 is 1. The third kappa shape index (κ3) is 2.70. The van der Waals surface area contributed by atoms with E-state index in [-0.39, 0.29) is 18.1 Å². The van der Waals surface area contributed by atoms with E-state index in [2.05, 4.69) is 15.5 Å². The second-order valence-corrected chi connectivity index (χ2v) is 4.57. The number of carbonyl (C=O) groups is 1. The highest BCUT2D eigenvalue weighted by atomic mass is 16.5. The highest BCUT2D eigenvalue weighted by Gasteiger charge is 2.29. The van der Waals surface area contributed by atoms with E-state index in [4.69, 9.17) is 9.47 Å². The Kier molecular flexibility index (Phi) is 3.98. The first kappa shape index (κ1) is 13.0. The van der Waals surface area contributed by atoms with Gasteiger partial charge in [-0.1, -0.05) is 0 Å². The number of H-pyrrole nitrogens is 1. The van der Waals surface area contributed by atoms with Gasteiger partial charge in [0.1, 0.15) is 6.10 Å². The minimum absolute atomic E-state index is 0.0276. The molecular formula is C12H19N3O3. The number of hydrogen-bond acceptors (Lipinski definition) is 4. The number of carbonyl (C=O) groups excluding carboxylic acids is 1. The number of ether oxygens (including phenoxy) is 2. The van der Waals surface area contributed by atoms with Crippen molar-refractivity contribution in [3.05, 3.63) is 17.0 Å². The number of aromatic nitrogens is 2. The molecule has 0 unspecified atom stereocenters. The van der Waals surface area contributed by atoms with Crippen molar-refractivity contribution in [3.63, 3.8) is 0 Å². The average molecular weight is 253 g/mol. The Bertz CT molecular complexity index is 411. The molecule has 0 radical (unpaired) electrons. The van der Waals surface area contributed by atoms with Gasteiger partial charge < -0.3 is 14.8 Å². The van der Waals surface area contributed by atoms with E-state index in [1.54, 1.807) is 7.11 Å². The maximum Gasteiger partial charge on any atom is 0.224 e. The largest absolute Gasteiger partial charge is 0.377 e. The number of aryl methyl sites for hydroxylation is 2. The van der Waals surface area contributed by atoms with Crippen LogP contribution < -0.4 is 5.32 Å². The summed E-state index contributed by atoms with van der Waals surface area (Å²) in [7, 11) is 1.63. The van der Waals surface area contributed by atoms with E-state index in [0.29, 0.717) is 19.6 Å². The molecule has 1 aromatic heterocycles. The fourth-order valence-corrected chi connectivity index (χ4v) is 2.15. The minimum Gasteiger partial charge on any atom is -0.377 e. The molecule has 2 heterocycles. The lowest BCUT2D eigenvalue weighted by Gasteiger charge is -2.17. The number of hydrogen-bond donors (Lipinski definition) is 2. The molecule has 0 aromatic carbocycles. The Morgan fingerprint density at radius 2 is 2.33 bits per heavy atom. The van der Waals surface area contributed by atoms with Crippen LogP contribution >= 0.6 is 0 Å². The maximum absolute atomic E-state index is 12.0. The summed E-state index contributed by atoms with van der Waals surface area (Å²) in [5, 5.41) is 9.90. The zero-order valence-electron chi connectivity index (χ0n) is 10.9. The first-order valence-electron chi connectivity index (χ1n) is 6.02. The van der Waals surface area contributed by atoms with Gasteiger partial charge in [-0.3, -0.25) is 9.89 Å². The Morgan fingerprint density at radius 1 is 1.56 bits per heavy atom. The summed E-state index contributed by atoms with van der Waals surface area (Å²) >= 11 is 0. The molecule has 2 N–H and O–H groups in total. The van der Waals surface area contributed by atoms with Crippen molar-refractivity contribution in [1.29, 1.82) is 0 Å². The van der Waals surface area contributed by atoms with Gasteiger partial charge in [-0.25, -0.2) is 0 Å². The van der Waals surface area contributed by atoms with Crippen molar-refractivity contribution in [2.24, 2.45) is 0 Å². The van der Waals surface area contributed by atoms with Crippen LogP contribution in [0.15, 0.2) is 0 Å². The van der Waals surface area contributed by atoms with Gasteiger partial charge in [0, 0.05) is 18.4 Å². The minimum atomic E-state index is -0.0602. The number of amides is 1. The van der Waals surface area contributed by atoms with Crippen molar-refractivity contribution in [3.8, 4) is 0 Å². The molecule has 6 heteroatoms. The summed E-state index contributed by atoms with van der Waals surface area (Å²) in [5.41, 5.74) is 2.77. The molecule has 1 amide bonds. The zero-order valence-corrected chi connectivity index (χ0v) is 10.9. The summed E-state index contributed by atoms with van der Waals surface area (Å²) in [6.07, 6.45) is 0.279. The smallest absolute Gasteiger partial charge is 0.224 e. The monoisotopic (exact) mass is 253 g/mol. The van der Waals surface area contributed by atoms with Crippen molar-refractivity contribution in [2.45, 2.75) is 32.4 Å². The Morgan fingerprint density at radius 3 is 2.94 bits per heavy atom. The molecule has 1 aliphatic heterocycles. The van der Waals surface area contributed by atoms with Gasteiger partial charge in [0.2, 0.25) is 5.91 Å². The molecule has 2 atom stereocenters. The summed E-state index contributed by atoms with van der Waals surface area (Å²) in [4.78, 5) is 12.0. The van der Waals surface area contributed by atoms with Crippen molar-refractivity contribution < 1.29 is 14.3 Å². The van der Waals surface area contributed by atoms with E-state index in [1.807, 2.05) is 13.8 Å². The van der Waals surface area contributed by atoms with E-state index in [0.717, 1.165) is 17.0 Å². The molecule has 18 heavy (non-hydrogen) atoms. The van der Waals surface area contributed by atoms with Gasteiger partial charge in [0.05, 0.1) is 31.4 Å². The topological polar surface area (TPSA) is 76.2 Å². The van der Waals surface area contributed by atoms with E-state index in [9.17, 15) is 4.79 Å². The zero-order chi connectivity index (χ0) is 13.1. The molecule has 0 saturated carbocycles. The maximum atomic E-state index is 12.0. The second-order valence-electron chi connectivity index (χ2n) is 4.57. The van der Waals surface area contributed by atoms with Crippen LogP contribution in [-0.2, 0) is 20.7 Å². The number of rotatable bonds is 4. The summed E-state index contributed by atoms with van der Waals surface area (Å²) < 4.78 is 10.5. The predicted octanol–water partition coefficient (Wildman–Crippen LogP) is 0.0990. The van der Waals surface area contributed by atoms with Crippen LogP contribution in [-0.4, -0.2) is 48.6 Å². The molecule has 100 valence electrons. The van der Waals surface area contributed by atoms with Crippen molar-refractivity contribution in [2.75, 3.05) is 20.3 Å². The molecular weight excluding hydrogens is 234 g/mol. The lowest BCUT2D eigenvalue weighted by atomic mass is 10.1. The standard InChI is InChI=1S/C12H19N3O3/c1-7-9(8(2)15-14-7)4-12(16)13-10-5-18-6-11(10)17-3/h10-11H,4-6H2,1-3H3,(H,13,16)(H,14,15)/t10-,11-/m0/s1. The lowest BCUT2D eigenvalue weighted by molar-refractivity contribution is -0.121. The average Bonchev–Trinajstić information content (AvgIpc) is 2.90. The van der Waals surface area contributed by atoms with Crippen molar-refractivity contribution >= 4 is 5.91 Å². The normalized spacial score (nSPS) is 23.3. The van der Waals surface area contributed by atoms with Gasteiger partial charge in [0.25, 0.3) is 0 Å². The van der Waals surface area contributed by atoms with Crippen LogP contribution in [0.4, 0.5) is 0 Å². The highest BCUT2D eigenvalue weighted by Crippen LogP contribution is 2.12.